The van der Waals surface area contributed by atoms with Crippen LogP contribution in [0.4, 0.5) is 5.69 Å². The van der Waals surface area contributed by atoms with E-state index < -0.39 is 11.8 Å². The molecule has 0 atom stereocenters. The number of carbonyl (C=O) groups excluding carboxylic acids is 2. The molecule has 0 unspecified atom stereocenters. The number of amides is 2. The number of carbonyl (C=O) groups is 2. The molecule has 1 aliphatic rings. The number of nitrogens with zero attached hydrogens (tertiary/aromatic N) is 2. The Bertz CT molecular complexity index is 1010. The lowest BCUT2D eigenvalue weighted by Crippen LogP contribution is -2.52. The van der Waals surface area contributed by atoms with Crippen molar-refractivity contribution in [1.29, 1.82) is 0 Å². The van der Waals surface area contributed by atoms with Gasteiger partial charge >= 0.3 is 11.8 Å². The molecule has 1 heterocycles. The summed E-state index contributed by atoms with van der Waals surface area (Å²) in [7, 11) is 0. The third-order valence-electron chi connectivity index (χ3n) is 5.72. The van der Waals surface area contributed by atoms with E-state index in [1.165, 1.54) is 11.1 Å². The first-order valence-corrected chi connectivity index (χ1v) is 12.0. The summed E-state index contributed by atoms with van der Waals surface area (Å²) >= 11 is 1.59. The molecule has 2 amide bonds. The zero-order valence-corrected chi connectivity index (χ0v) is 18.9. The predicted molar refractivity (Wildman–Crippen MR) is 130 cm³/mol. The summed E-state index contributed by atoms with van der Waals surface area (Å²) in [6, 6.07) is 28.5. The van der Waals surface area contributed by atoms with Crippen LogP contribution >= 0.6 is 11.8 Å². The average molecular weight is 446 g/mol. The number of anilines is 1. The Labute approximate surface area is 193 Å². The predicted octanol–water partition coefficient (Wildman–Crippen LogP) is 4.28. The third-order valence-corrected chi connectivity index (χ3v) is 6.44. The number of thioether (sulfide) groups is 1. The zero-order valence-electron chi connectivity index (χ0n) is 18.1. The minimum absolute atomic E-state index is 0.123. The van der Waals surface area contributed by atoms with Gasteiger partial charge in [0, 0.05) is 36.8 Å². The van der Waals surface area contributed by atoms with Gasteiger partial charge in [-0.1, -0.05) is 66.7 Å². The van der Waals surface area contributed by atoms with Crippen LogP contribution in [0, 0.1) is 0 Å². The molecule has 0 aliphatic carbocycles. The largest absolute Gasteiger partial charge is 0.332 e. The molecule has 3 aromatic carbocycles. The van der Waals surface area contributed by atoms with Gasteiger partial charge in [-0.05, 0) is 35.6 Å². The monoisotopic (exact) mass is 445 g/mol. The Morgan fingerprint density at radius 3 is 1.97 bits per heavy atom. The highest BCUT2D eigenvalue weighted by atomic mass is 32.2. The van der Waals surface area contributed by atoms with E-state index in [1.807, 2.05) is 36.6 Å². The molecule has 1 N–H and O–H groups in total. The summed E-state index contributed by atoms with van der Waals surface area (Å²) in [5.74, 6) is -1.06. The lowest BCUT2D eigenvalue weighted by molar-refractivity contribution is -0.144. The number of nitrogens with one attached hydrogen (secondary N) is 1. The van der Waals surface area contributed by atoms with Crippen LogP contribution in [0.25, 0.3) is 0 Å². The van der Waals surface area contributed by atoms with Crippen LogP contribution in [0.15, 0.2) is 89.8 Å². The molecule has 0 bridgehead atoms. The maximum Gasteiger partial charge on any atom is 0.313 e. The van der Waals surface area contributed by atoms with Gasteiger partial charge < -0.3 is 10.2 Å². The van der Waals surface area contributed by atoms with E-state index in [-0.39, 0.29) is 6.04 Å². The molecule has 5 nitrogen and oxygen atoms in total. The third kappa shape index (κ3) is 5.21. The van der Waals surface area contributed by atoms with Crippen molar-refractivity contribution in [3.8, 4) is 0 Å². The maximum atomic E-state index is 12.8. The Morgan fingerprint density at radius 1 is 0.812 bits per heavy atom. The lowest BCUT2D eigenvalue weighted by atomic mass is 9.96. The van der Waals surface area contributed by atoms with Gasteiger partial charge in [0.25, 0.3) is 0 Å². The van der Waals surface area contributed by atoms with Crippen molar-refractivity contribution in [2.75, 3.05) is 37.8 Å². The maximum absolute atomic E-state index is 12.8. The van der Waals surface area contributed by atoms with Gasteiger partial charge in [-0.2, -0.15) is 0 Å². The SMILES string of the molecule is CSc1cccc(NC(=O)C(=O)N2CCN(C(c3ccccc3)c3ccccc3)CC2)c1. The average Bonchev–Trinajstić information content (AvgIpc) is 2.85. The van der Waals surface area contributed by atoms with E-state index in [4.69, 9.17) is 0 Å². The number of hydrogen-bond donors (Lipinski definition) is 1. The molecule has 6 heteroatoms. The first-order chi connectivity index (χ1) is 15.7. The zero-order chi connectivity index (χ0) is 22.3. The first-order valence-electron chi connectivity index (χ1n) is 10.7. The van der Waals surface area contributed by atoms with Gasteiger partial charge in [0.2, 0.25) is 0 Å². The summed E-state index contributed by atoms with van der Waals surface area (Å²) in [5.41, 5.74) is 3.09. The van der Waals surface area contributed by atoms with E-state index in [2.05, 4.69) is 58.7 Å². The summed E-state index contributed by atoms with van der Waals surface area (Å²) in [5, 5.41) is 2.74. The fraction of sp³-hybridized carbons (Fsp3) is 0.231. The smallest absolute Gasteiger partial charge is 0.313 e. The van der Waals surface area contributed by atoms with Gasteiger partial charge in [0.15, 0.2) is 0 Å². The van der Waals surface area contributed by atoms with Crippen LogP contribution in [0.2, 0.25) is 0 Å². The minimum Gasteiger partial charge on any atom is -0.332 e. The van der Waals surface area contributed by atoms with Crippen molar-refractivity contribution in [3.63, 3.8) is 0 Å². The second-order valence-corrected chi connectivity index (χ2v) is 8.62. The Hall–Kier alpha value is -3.09. The first kappa shape index (κ1) is 22.1. The van der Waals surface area contributed by atoms with Crippen LogP contribution in [0.5, 0.6) is 0 Å². The Kier molecular flexibility index (Phi) is 7.24. The number of hydrogen-bond acceptors (Lipinski definition) is 4. The highest BCUT2D eigenvalue weighted by molar-refractivity contribution is 7.98. The molecule has 0 spiro atoms. The summed E-state index contributed by atoms with van der Waals surface area (Å²) in [6.45, 7) is 2.45. The molecule has 0 saturated carbocycles. The van der Waals surface area contributed by atoms with Crippen LogP contribution < -0.4 is 5.32 Å². The summed E-state index contributed by atoms with van der Waals surface area (Å²) in [6.07, 6.45) is 1.98. The van der Waals surface area contributed by atoms with Gasteiger partial charge in [0.05, 0.1) is 6.04 Å². The van der Waals surface area contributed by atoms with Crippen LogP contribution in [-0.2, 0) is 9.59 Å². The Morgan fingerprint density at radius 2 is 1.41 bits per heavy atom. The fourth-order valence-electron chi connectivity index (χ4n) is 4.10. The van der Waals surface area contributed by atoms with Crippen molar-refractivity contribution >= 4 is 29.3 Å². The molecule has 1 fully saturated rings. The topological polar surface area (TPSA) is 52.7 Å². The molecule has 1 aliphatic heterocycles. The van der Waals surface area contributed by atoms with Gasteiger partial charge in [-0.25, -0.2) is 0 Å². The van der Waals surface area contributed by atoms with Crippen molar-refractivity contribution < 1.29 is 9.59 Å². The van der Waals surface area contributed by atoms with E-state index in [0.717, 1.165) is 4.90 Å². The van der Waals surface area contributed by atoms with Gasteiger partial charge in [-0.3, -0.25) is 14.5 Å². The van der Waals surface area contributed by atoms with Crippen molar-refractivity contribution in [1.82, 2.24) is 9.80 Å². The molecular formula is C26H27N3O2S. The molecule has 164 valence electrons. The molecule has 0 aromatic heterocycles. The van der Waals surface area contributed by atoms with Crippen LogP contribution in [0.1, 0.15) is 17.2 Å². The van der Waals surface area contributed by atoms with Gasteiger partial charge in [0.1, 0.15) is 0 Å². The fourth-order valence-corrected chi connectivity index (χ4v) is 4.56. The highest BCUT2D eigenvalue weighted by Crippen LogP contribution is 2.29. The van der Waals surface area contributed by atoms with Crippen LogP contribution in [0.3, 0.4) is 0 Å². The molecular weight excluding hydrogens is 418 g/mol. The second kappa shape index (κ2) is 10.5. The molecule has 32 heavy (non-hydrogen) atoms. The van der Waals surface area contributed by atoms with Crippen molar-refractivity contribution in [2.45, 2.75) is 10.9 Å². The summed E-state index contributed by atoms with van der Waals surface area (Å²) in [4.78, 5) is 30.4. The Balaban J connectivity index is 1.42. The number of piperazine rings is 1. The van der Waals surface area contributed by atoms with Crippen molar-refractivity contribution in [2.24, 2.45) is 0 Å². The van der Waals surface area contributed by atoms with E-state index in [9.17, 15) is 9.59 Å². The van der Waals surface area contributed by atoms with Gasteiger partial charge in [-0.15, -0.1) is 11.8 Å². The van der Waals surface area contributed by atoms with Crippen molar-refractivity contribution in [3.05, 3.63) is 96.1 Å². The number of rotatable bonds is 5. The molecule has 3 aromatic rings. The van der Waals surface area contributed by atoms with E-state index in [1.54, 1.807) is 22.7 Å². The molecule has 1 saturated heterocycles. The van der Waals surface area contributed by atoms with Crippen LogP contribution in [-0.4, -0.2) is 54.0 Å². The second-order valence-electron chi connectivity index (χ2n) is 7.74. The highest BCUT2D eigenvalue weighted by Gasteiger charge is 2.30. The molecule has 4 rings (SSSR count). The minimum atomic E-state index is -0.584. The summed E-state index contributed by atoms with van der Waals surface area (Å²) < 4.78 is 0. The van der Waals surface area contributed by atoms with E-state index >= 15 is 0 Å². The molecule has 0 radical (unpaired) electrons. The lowest BCUT2D eigenvalue weighted by Gasteiger charge is -2.39. The standard InChI is InChI=1S/C26H27N3O2S/c1-32-23-14-8-13-22(19-23)27-25(30)26(31)29-17-15-28(16-18-29)24(20-9-4-2-5-10-20)21-11-6-3-7-12-21/h2-14,19,24H,15-18H2,1H3,(H,27,30). The van der Waals surface area contributed by atoms with E-state index in [0.29, 0.717) is 31.9 Å². The number of benzene rings is 3. The normalized spacial score (nSPS) is 14.4. The quantitative estimate of drug-likeness (QED) is 0.470.